The van der Waals surface area contributed by atoms with E-state index in [1.807, 2.05) is 17.0 Å². The van der Waals surface area contributed by atoms with E-state index >= 15 is 0 Å². The summed E-state index contributed by atoms with van der Waals surface area (Å²) < 4.78 is 0. The summed E-state index contributed by atoms with van der Waals surface area (Å²) in [6.07, 6.45) is 8.62. The molecule has 0 saturated carbocycles. The van der Waals surface area contributed by atoms with Crippen molar-refractivity contribution < 1.29 is 4.79 Å². The Kier molecular flexibility index (Phi) is 6.78. The predicted molar refractivity (Wildman–Crippen MR) is 117 cm³/mol. The van der Waals surface area contributed by atoms with Crippen LogP contribution in [-0.4, -0.2) is 48.0 Å². The first-order chi connectivity index (χ1) is 14.3. The van der Waals surface area contributed by atoms with Crippen molar-refractivity contribution >= 4 is 11.7 Å². The average Bonchev–Trinajstić information content (AvgIpc) is 2.79. The SMILES string of the molecule is O=C(c1ccc(N[C@H]2CCCNC2)nc1)N1CCC(CCc2ccccc2)CC1. The zero-order chi connectivity index (χ0) is 19.9. The highest BCUT2D eigenvalue weighted by atomic mass is 16.2. The fraction of sp³-hybridized carbons (Fsp3) is 0.500. The van der Waals surface area contributed by atoms with Crippen LogP contribution in [0.2, 0.25) is 0 Å². The number of carbonyl (C=O) groups excluding carboxylic acids is 1. The number of pyridine rings is 1. The molecule has 5 nitrogen and oxygen atoms in total. The first-order valence-corrected chi connectivity index (χ1v) is 11.0. The van der Waals surface area contributed by atoms with Gasteiger partial charge in [-0.1, -0.05) is 30.3 Å². The van der Waals surface area contributed by atoms with E-state index in [1.165, 1.54) is 18.4 Å². The minimum Gasteiger partial charge on any atom is -0.366 e. The number of hydrogen-bond donors (Lipinski definition) is 2. The largest absolute Gasteiger partial charge is 0.366 e. The Labute approximate surface area is 173 Å². The summed E-state index contributed by atoms with van der Waals surface area (Å²) >= 11 is 0. The summed E-state index contributed by atoms with van der Waals surface area (Å²) in [5.74, 6) is 1.69. The molecule has 2 aliphatic rings. The van der Waals surface area contributed by atoms with Crippen molar-refractivity contribution in [3.05, 3.63) is 59.8 Å². The van der Waals surface area contributed by atoms with Crippen molar-refractivity contribution in [2.75, 3.05) is 31.5 Å². The van der Waals surface area contributed by atoms with Gasteiger partial charge in [0.05, 0.1) is 5.56 Å². The first kappa shape index (κ1) is 19.9. The Morgan fingerprint density at radius 3 is 2.62 bits per heavy atom. The lowest BCUT2D eigenvalue weighted by Crippen LogP contribution is -2.39. The second-order valence-electron chi connectivity index (χ2n) is 8.38. The normalized spacial score (nSPS) is 20.4. The fourth-order valence-corrected chi connectivity index (χ4v) is 4.41. The zero-order valence-electron chi connectivity index (χ0n) is 17.1. The molecule has 154 valence electrons. The highest BCUT2D eigenvalue weighted by Crippen LogP contribution is 2.23. The summed E-state index contributed by atoms with van der Waals surface area (Å²) in [6.45, 7) is 3.78. The minimum absolute atomic E-state index is 0.116. The van der Waals surface area contributed by atoms with Gasteiger partial charge in [0.15, 0.2) is 0 Å². The van der Waals surface area contributed by atoms with Crippen molar-refractivity contribution in [2.45, 2.75) is 44.6 Å². The molecule has 0 bridgehead atoms. The maximum absolute atomic E-state index is 12.8. The molecule has 2 aliphatic heterocycles. The van der Waals surface area contributed by atoms with E-state index < -0.39 is 0 Å². The third-order valence-electron chi connectivity index (χ3n) is 6.25. The number of anilines is 1. The molecule has 1 atom stereocenters. The standard InChI is InChI=1S/C24H32N4O/c29-24(21-10-11-23(26-17-21)27-22-7-4-14-25-18-22)28-15-12-20(13-16-28)9-8-19-5-2-1-3-6-19/h1-3,5-6,10-11,17,20,22,25H,4,7-9,12-16,18H2,(H,26,27)/t22-/m0/s1. The number of hydrogen-bond acceptors (Lipinski definition) is 4. The van der Waals surface area contributed by atoms with E-state index in [1.54, 1.807) is 6.20 Å². The molecule has 2 saturated heterocycles. The van der Waals surface area contributed by atoms with Gasteiger partial charge in [-0.25, -0.2) is 4.98 Å². The van der Waals surface area contributed by atoms with Gasteiger partial charge in [0.1, 0.15) is 5.82 Å². The van der Waals surface area contributed by atoms with Crippen LogP contribution in [0.15, 0.2) is 48.7 Å². The van der Waals surface area contributed by atoms with Gasteiger partial charge in [-0.3, -0.25) is 4.79 Å². The number of likely N-dealkylation sites (tertiary alicyclic amines) is 1. The van der Waals surface area contributed by atoms with E-state index in [0.717, 1.165) is 57.7 Å². The Morgan fingerprint density at radius 1 is 1.10 bits per heavy atom. The van der Waals surface area contributed by atoms with Gasteiger partial charge in [-0.05, 0) is 68.7 Å². The highest BCUT2D eigenvalue weighted by Gasteiger charge is 2.24. The quantitative estimate of drug-likeness (QED) is 0.786. The smallest absolute Gasteiger partial charge is 0.255 e. The number of rotatable bonds is 6. The van der Waals surface area contributed by atoms with Gasteiger partial charge >= 0.3 is 0 Å². The van der Waals surface area contributed by atoms with Crippen molar-refractivity contribution in [1.82, 2.24) is 15.2 Å². The van der Waals surface area contributed by atoms with Crippen LogP contribution in [-0.2, 0) is 6.42 Å². The Hall–Kier alpha value is -2.40. The number of carbonyl (C=O) groups is 1. The molecule has 0 radical (unpaired) electrons. The van der Waals surface area contributed by atoms with Crippen LogP contribution in [0.5, 0.6) is 0 Å². The van der Waals surface area contributed by atoms with Gasteiger partial charge in [0, 0.05) is 31.9 Å². The molecule has 29 heavy (non-hydrogen) atoms. The zero-order valence-corrected chi connectivity index (χ0v) is 17.1. The Morgan fingerprint density at radius 2 is 1.93 bits per heavy atom. The fourth-order valence-electron chi connectivity index (χ4n) is 4.41. The monoisotopic (exact) mass is 392 g/mol. The molecule has 3 heterocycles. The molecule has 2 N–H and O–H groups in total. The predicted octanol–water partition coefficient (Wildman–Crippen LogP) is 3.73. The van der Waals surface area contributed by atoms with Crippen LogP contribution in [0.4, 0.5) is 5.82 Å². The van der Waals surface area contributed by atoms with Crippen molar-refractivity contribution in [1.29, 1.82) is 0 Å². The molecule has 2 aromatic rings. The van der Waals surface area contributed by atoms with Crippen LogP contribution in [0.1, 0.15) is 48.0 Å². The van der Waals surface area contributed by atoms with Gasteiger partial charge in [-0.15, -0.1) is 0 Å². The van der Waals surface area contributed by atoms with E-state index in [0.29, 0.717) is 17.5 Å². The molecule has 0 spiro atoms. The molecule has 0 unspecified atom stereocenters. The van der Waals surface area contributed by atoms with E-state index in [4.69, 9.17) is 0 Å². The minimum atomic E-state index is 0.116. The highest BCUT2D eigenvalue weighted by molar-refractivity contribution is 5.94. The van der Waals surface area contributed by atoms with Crippen molar-refractivity contribution in [3.63, 3.8) is 0 Å². The Balaban J connectivity index is 1.23. The second kappa shape index (κ2) is 9.88. The van der Waals surface area contributed by atoms with Crippen molar-refractivity contribution in [3.8, 4) is 0 Å². The topological polar surface area (TPSA) is 57.3 Å². The van der Waals surface area contributed by atoms with Gasteiger partial charge < -0.3 is 15.5 Å². The maximum Gasteiger partial charge on any atom is 0.255 e. The van der Waals surface area contributed by atoms with E-state index in [9.17, 15) is 4.79 Å². The van der Waals surface area contributed by atoms with Crippen LogP contribution >= 0.6 is 0 Å². The number of amides is 1. The average molecular weight is 393 g/mol. The maximum atomic E-state index is 12.8. The third-order valence-corrected chi connectivity index (χ3v) is 6.25. The van der Waals surface area contributed by atoms with E-state index in [-0.39, 0.29) is 5.91 Å². The number of benzene rings is 1. The molecule has 1 aromatic carbocycles. The van der Waals surface area contributed by atoms with Gasteiger partial charge in [0.2, 0.25) is 0 Å². The van der Waals surface area contributed by atoms with E-state index in [2.05, 4.69) is 45.9 Å². The molecule has 5 heteroatoms. The number of nitrogens with zero attached hydrogens (tertiary/aromatic N) is 2. The first-order valence-electron chi connectivity index (χ1n) is 11.0. The summed E-state index contributed by atoms with van der Waals surface area (Å²) in [4.78, 5) is 19.3. The molecule has 2 fully saturated rings. The van der Waals surface area contributed by atoms with Crippen LogP contribution in [0.25, 0.3) is 0 Å². The summed E-state index contributed by atoms with van der Waals surface area (Å²) in [5, 5.41) is 6.86. The molecular formula is C24H32N4O. The number of piperidine rings is 2. The second-order valence-corrected chi connectivity index (χ2v) is 8.38. The summed E-state index contributed by atoms with van der Waals surface area (Å²) in [5.41, 5.74) is 2.11. The Bertz CT molecular complexity index is 763. The molecule has 1 amide bonds. The number of aromatic nitrogens is 1. The molecular weight excluding hydrogens is 360 g/mol. The van der Waals surface area contributed by atoms with Gasteiger partial charge in [0.25, 0.3) is 5.91 Å². The third kappa shape index (κ3) is 5.57. The molecule has 0 aliphatic carbocycles. The molecule has 4 rings (SSSR count). The number of aryl methyl sites for hydroxylation is 1. The van der Waals surface area contributed by atoms with Crippen LogP contribution < -0.4 is 10.6 Å². The van der Waals surface area contributed by atoms with Gasteiger partial charge in [-0.2, -0.15) is 0 Å². The summed E-state index contributed by atoms with van der Waals surface area (Å²) in [7, 11) is 0. The van der Waals surface area contributed by atoms with Crippen LogP contribution in [0, 0.1) is 5.92 Å². The molecule has 1 aromatic heterocycles. The lowest BCUT2D eigenvalue weighted by Gasteiger charge is -2.32. The summed E-state index contributed by atoms with van der Waals surface area (Å²) in [6, 6.07) is 15.0. The lowest BCUT2D eigenvalue weighted by atomic mass is 9.90. The number of nitrogens with one attached hydrogen (secondary N) is 2. The van der Waals surface area contributed by atoms with Crippen molar-refractivity contribution in [2.24, 2.45) is 5.92 Å². The lowest BCUT2D eigenvalue weighted by molar-refractivity contribution is 0.0686. The van der Waals surface area contributed by atoms with Crippen LogP contribution in [0.3, 0.4) is 0 Å².